The molecule has 0 unspecified atom stereocenters. The summed E-state index contributed by atoms with van der Waals surface area (Å²) in [5.41, 5.74) is 2.97. The van der Waals surface area contributed by atoms with Crippen molar-refractivity contribution in [1.29, 1.82) is 0 Å². The van der Waals surface area contributed by atoms with Crippen molar-refractivity contribution in [2.75, 3.05) is 12.4 Å². The van der Waals surface area contributed by atoms with E-state index in [1.165, 1.54) is 0 Å². The van der Waals surface area contributed by atoms with Gasteiger partial charge in [0, 0.05) is 22.7 Å². The molecule has 2 N–H and O–H groups in total. The average Bonchev–Trinajstić information content (AvgIpc) is 3.06. The van der Waals surface area contributed by atoms with Gasteiger partial charge in [-0.1, -0.05) is 24.3 Å². The highest BCUT2D eigenvalue weighted by atomic mass is 16.5. The molecule has 0 aliphatic carbocycles. The number of nitrogens with one attached hydrogen (secondary N) is 2. The molecule has 0 radical (unpaired) electrons. The Bertz CT molecular complexity index is 1020. The third-order valence-corrected chi connectivity index (χ3v) is 4.07. The number of hydrogen-bond donors (Lipinski definition) is 2. The minimum absolute atomic E-state index is 0.751. The summed E-state index contributed by atoms with van der Waals surface area (Å²) >= 11 is 0. The number of pyridine rings is 1. The fraction of sp³-hybridized carbons (Fsp3) is 0.100. The number of ether oxygens (including phenoxy) is 1. The van der Waals surface area contributed by atoms with E-state index in [-0.39, 0.29) is 0 Å². The molecule has 124 valence electrons. The lowest BCUT2D eigenvalue weighted by Gasteiger charge is -2.11. The van der Waals surface area contributed by atoms with Crippen LogP contribution in [0.3, 0.4) is 0 Å². The number of hydrogen-bond acceptors (Lipinski definition) is 4. The molecule has 0 saturated heterocycles. The minimum atomic E-state index is 0.751. The fourth-order valence-electron chi connectivity index (χ4n) is 2.85. The molecule has 0 saturated carbocycles. The minimum Gasteiger partial charge on any atom is -0.497 e. The maximum atomic E-state index is 5.25. The van der Waals surface area contributed by atoms with Crippen molar-refractivity contribution >= 4 is 22.4 Å². The average molecular weight is 330 g/mol. The summed E-state index contributed by atoms with van der Waals surface area (Å²) in [6, 6.07) is 20.2. The topological polar surface area (TPSA) is 62.8 Å². The maximum absolute atomic E-state index is 5.25. The van der Waals surface area contributed by atoms with Gasteiger partial charge in [-0.25, -0.2) is 4.98 Å². The van der Waals surface area contributed by atoms with Gasteiger partial charge in [0.05, 0.1) is 12.8 Å². The monoisotopic (exact) mass is 330 g/mol. The maximum Gasteiger partial charge on any atom is 0.153 e. The Hall–Kier alpha value is -3.34. The molecule has 4 aromatic rings. The summed E-state index contributed by atoms with van der Waals surface area (Å²) in [5.74, 6) is 2.34. The van der Waals surface area contributed by atoms with Crippen molar-refractivity contribution in [3.8, 4) is 17.0 Å². The predicted octanol–water partition coefficient (Wildman–Crippen LogP) is 4.69. The Kier molecular flexibility index (Phi) is 3.82. The Balaban J connectivity index is 1.83. The highest BCUT2D eigenvalue weighted by molar-refractivity contribution is 5.96. The van der Waals surface area contributed by atoms with Gasteiger partial charge in [-0.15, -0.1) is 0 Å². The van der Waals surface area contributed by atoms with Crippen LogP contribution in [-0.2, 0) is 0 Å². The molecule has 0 amide bonds. The van der Waals surface area contributed by atoms with Crippen molar-refractivity contribution in [3.05, 3.63) is 66.4 Å². The van der Waals surface area contributed by atoms with Crippen LogP contribution in [0.2, 0.25) is 0 Å². The molecular weight excluding hydrogens is 312 g/mol. The van der Waals surface area contributed by atoms with Crippen LogP contribution in [0, 0.1) is 6.92 Å². The summed E-state index contributed by atoms with van der Waals surface area (Å²) in [6.45, 7) is 1.97. The van der Waals surface area contributed by atoms with E-state index < -0.39 is 0 Å². The summed E-state index contributed by atoms with van der Waals surface area (Å²) in [4.78, 5) is 4.83. The smallest absolute Gasteiger partial charge is 0.153 e. The van der Waals surface area contributed by atoms with Crippen LogP contribution in [0.5, 0.6) is 5.75 Å². The first-order chi connectivity index (χ1) is 12.2. The summed E-state index contributed by atoms with van der Waals surface area (Å²) in [6.07, 6.45) is 0. The number of rotatable bonds is 4. The Morgan fingerprint density at radius 3 is 2.48 bits per heavy atom. The number of aryl methyl sites for hydroxylation is 1. The molecule has 5 nitrogen and oxygen atoms in total. The number of benzene rings is 2. The quantitative estimate of drug-likeness (QED) is 0.570. The van der Waals surface area contributed by atoms with E-state index in [9.17, 15) is 0 Å². The van der Waals surface area contributed by atoms with Crippen molar-refractivity contribution < 1.29 is 4.74 Å². The van der Waals surface area contributed by atoms with Gasteiger partial charge in [0.2, 0.25) is 0 Å². The molecule has 0 bridgehead atoms. The van der Waals surface area contributed by atoms with E-state index >= 15 is 0 Å². The standard InChI is InChI=1S/C20H18N4O/c1-13-11-19(24-23-13)21-18-12-15-5-3-4-6-17(15)20(22-18)14-7-9-16(25-2)10-8-14/h3-12H,1-2H3,(H2,21,22,23,24). The van der Waals surface area contributed by atoms with Crippen LogP contribution in [0.15, 0.2) is 60.7 Å². The first kappa shape index (κ1) is 15.2. The number of aromatic nitrogens is 3. The third-order valence-electron chi connectivity index (χ3n) is 4.07. The number of aromatic amines is 1. The van der Waals surface area contributed by atoms with Crippen molar-refractivity contribution in [2.24, 2.45) is 0 Å². The van der Waals surface area contributed by atoms with Gasteiger partial charge in [-0.05, 0) is 42.6 Å². The Labute approximate surface area is 145 Å². The molecule has 0 fully saturated rings. The molecule has 4 rings (SSSR count). The first-order valence-corrected chi connectivity index (χ1v) is 8.06. The third kappa shape index (κ3) is 3.04. The molecule has 5 heteroatoms. The van der Waals surface area contributed by atoms with Crippen LogP contribution in [0.25, 0.3) is 22.0 Å². The largest absolute Gasteiger partial charge is 0.497 e. The van der Waals surface area contributed by atoms with Gasteiger partial charge < -0.3 is 10.1 Å². The first-order valence-electron chi connectivity index (χ1n) is 8.06. The van der Waals surface area contributed by atoms with Crippen LogP contribution >= 0.6 is 0 Å². The van der Waals surface area contributed by atoms with E-state index in [1.807, 2.05) is 55.5 Å². The number of H-pyrrole nitrogens is 1. The van der Waals surface area contributed by atoms with Gasteiger partial charge in [0.15, 0.2) is 5.82 Å². The van der Waals surface area contributed by atoms with Gasteiger partial charge in [-0.3, -0.25) is 5.10 Å². The number of methoxy groups -OCH3 is 1. The molecular formula is C20H18N4O. The van der Waals surface area contributed by atoms with E-state index in [0.717, 1.165) is 45.1 Å². The fourth-order valence-corrected chi connectivity index (χ4v) is 2.85. The molecule has 25 heavy (non-hydrogen) atoms. The van der Waals surface area contributed by atoms with Crippen molar-refractivity contribution in [2.45, 2.75) is 6.92 Å². The molecule has 2 aromatic carbocycles. The van der Waals surface area contributed by atoms with Crippen LogP contribution in [0.1, 0.15) is 5.69 Å². The lowest BCUT2D eigenvalue weighted by molar-refractivity contribution is 0.415. The Morgan fingerprint density at radius 1 is 0.960 bits per heavy atom. The number of anilines is 2. The molecule has 2 aromatic heterocycles. The SMILES string of the molecule is COc1ccc(-c2nc(Nc3cc(C)[nH]n3)cc3ccccc23)cc1. The number of nitrogens with zero attached hydrogens (tertiary/aromatic N) is 2. The van der Waals surface area contributed by atoms with E-state index in [1.54, 1.807) is 7.11 Å². The Morgan fingerprint density at radius 2 is 1.76 bits per heavy atom. The van der Waals surface area contributed by atoms with Gasteiger partial charge >= 0.3 is 0 Å². The zero-order valence-corrected chi connectivity index (χ0v) is 14.1. The van der Waals surface area contributed by atoms with E-state index in [0.29, 0.717) is 0 Å². The normalized spacial score (nSPS) is 10.8. The second kappa shape index (κ2) is 6.28. The highest BCUT2D eigenvalue weighted by Crippen LogP contribution is 2.31. The van der Waals surface area contributed by atoms with Crippen molar-refractivity contribution in [3.63, 3.8) is 0 Å². The zero-order chi connectivity index (χ0) is 17.2. The second-order valence-corrected chi connectivity index (χ2v) is 5.87. The van der Waals surface area contributed by atoms with Crippen LogP contribution in [-0.4, -0.2) is 22.3 Å². The lowest BCUT2D eigenvalue weighted by atomic mass is 10.0. The van der Waals surface area contributed by atoms with Crippen LogP contribution in [0.4, 0.5) is 11.6 Å². The highest BCUT2D eigenvalue weighted by Gasteiger charge is 2.09. The molecule has 0 atom stereocenters. The van der Waals surface area contributed by atoms with Crippen LogP contribution < -0.4 is 10.1 Å². The molecule has 0 spiro atoms. The van der Waals surface area contributed by atoms with E-state index in [4.69, 9.17) is 9.72 Å². The predicted molar refractivity (Wildman–Crippen MR) is 100 cm³/mol. The second-order valence-electron chi connectivity index (χ2n) is 5.87. The van der Waals surface area contributed by atoms with E-state index in [2.05, 4.69) is 27.6 Å². The van der Waals surface area contributed by atoms with Crippen molar-refractivity contribution in [1.82, 2.24) is 15.2 Å². The lowest BCUT2D eigenvalue weighted by Crippen LogP contribution is -1.96. The molecule has 0 aliphatic rings. The number of fused-ring (bicyclic) bond motifs is 1. The molecule has 0 aliphatic heterocycles. The van der Waals surface area contributed by atoms with Gasteiger partial charge in [0.25, 0.3) is 0 Å². The molecule has 2 heterocycles. The summed E-state index contributed by atoms with van der Waals surface area (Å²) in [7, 11) is 1.67. The summed E-state index contributed by atoms with van der Waals surface area (Å²) in [5, 5.41) is 12.7. The summed E-state index contributed by atoms with van der Waals surface area (Å²) < 4.78 is 5.25. The van der Waals surface area contributed by atoms with Gasteiger partial charge in [-0.2, -0.15) is 5.10 Å². The zero-order valence-electron chi connectivity index (χ0n) is 14.1. The van der Waals surface area contributed by atoms with Gasteiger partial charge in [0.1, 0.15) is 11.6 Å².